The first-order valence-electron chi connectivity index (χ1n) is 9.83. The van der Waals surface area contributed by atoms with E-state index in [-0.39, 0.29) is 11.7 Å². The van der Waals surface area contributed by atoms with Crippen molar-refractivity contribution in [3.8, 4) is 5.75 Å². The van der Waals surface area contributed by atoms with Crippen molar-refractivity contribution in [3.05, 3.63) is 94.0 Å². The van der Waals surface area contributed by atoms with Crippen molar-refractivity contribution in [2.24, 2.45) is 0 Å². The Kier molecular flexibility index (Phi) is 6.91. The van der Waals surface area contributed by atoms with Crippen LogP contribution in [0.3, 0.4) is 0 Å². The zero-order chi connectivity index (χ0) is 21.7. The topological polar surface area (TPSA) is 55.4 Å². The Balaban J connectivity index is 1.85. The van der Waals surface area contributed by atoms with E-state index in [1.165, 1.54) is 0 Å². The fourth-order valence-electron chi connectivity index (χ4n) is 3.08. The van der Waals surface area contributed by atoms with Crippen LogP contribution >= 0.6 is 11.6 Å². The van der Waals surface area contributed by atoms with Crippen LogP contribution < -0.4 is 10.1 Å². The second-order valence-corrected chi connectivity index (χ2v) is 7.59. The predicted octanol–water partition coefficient (Wildman–Crippen LogP) is 5.98. The smallest absolute Gasteiger partial charge is 0.265 e. The Morgan fingerprint density at radius 3 is 2.43 bits per heavy atom. The average molecular weight is 422 g/mol. The van der Waals surface area contributed by atoms with Crippen LogP contribution in [0.5, 0.6) is 5.75 Å². The fourth-order valence-corrected chi connectivity index (χ4v) is 3.25. The molecule has 1 atom stereocenters. The first-order valence-corrected chi connectivity index (χ1v) is 10.2. The van der Waals surface area contributed by atoms with Gasteiger partial charge in [0.25, 0.3) is 5.91 Å². The van der Waals surface area contributed by atoms with Gasteiger partial charge in [0.15, 0.2) is 11.9 Å². The first-order chi connectivity index (χ1) is 14.4. The highest BCUT2D eigenvalue weighted by Crippen LogP contribution is 2.25. The SMILES string of the molecule is CC[C@@H](Oc1cc(C)ccc1C)C(=O)Nc1ccc(Cl)cc1C(=O)c1ccccc1. The van der Waals surface area contributed by atoms with Crippen molar-refractivity contribution in [1.29, 1.82) is 0 Å². The Bertz CT molecular complexity index is 1060. The van der Waals surface area contributed by atoms with E-state index in [4.69, 9.17) is 16.3 Å². The minimum absolute atomic E-state index is 0.211. The molecule has 0 aromatic heterocycles. The molecule has 0 bridgehead atoms. The van der Waals surface area contributed by atoms with Crippen molar-refractivity contribution < 1.29 is 14.3 Å². The Labute approximate surface area is 181 Å². The quantitative estimate of drug-likeness (QED) is 0.477. The number of ketones is 1. The summed E-state index contributed by atoms with van der Waals surface area (Å²) in [5.74, 6) is 0.147. The number of carbonyl (C=O) groups excluding carboxylic acids is 2. The van der Waals surface area contributed by atoms with Gasteiger partial charge < -0.3 is 10.1 Å². The number of hydrogen-bond acceptors (Lipinski definition) is 3. The van der Waals surface area contributed by atoms with E-state index in [1.807, 2.05) is 45.0 Å². The second-order valence-electron chi connectivity index (χ2n) is 7.16. The van der Waals surface area contributed by atoms with Crippen LogP contribution in [0.4, 0.5) is 5.69 Å². The van der Waals surface area contributed by atoms with Gasteiger partial charge in [0.05, 0.1) is 5.69 Å². The Morgan fingerprint density at radius 1 is 1.00 bits per heavy atom. The number of halogens is 1. The van der Waals surface area contributed by atoms with Crippen molar-refractivity contribution >= 4 is 29.0 Å². The summed E-state index contributed by atoms with van der Waals surface area (Å²) in [5, 5.41) is 3.27. The van der Waals surface area contributed by atoms with Crippen molar-refractivity contribution in [3.63, 3.8) is 0 Å². The number of hydrogen-bond donors (Lipinski definition) is 1. The third-order valence-electron chi connectivity index (χ3n) is 4.80. The highest BCUT2D eigenvalue weighted by Gasteiger charge is 2.22. The molecular weight excluding hydrogens is 398 g/mol. The summed E-state index contributed by atoms with van der Waals surface area (Å²) in [6.07, 6.45) is -0.213. The maximum Gasteiger partial charge on any atom is 0.265 e. The number of carbonyl (C=O) groups is 2. The van der Waals surface area contributed by atoms with E-state index in [1.54, 1.807) is 42.5 Å². The molecule has 1 N–H and O–H groups in total. The van der Waals surface area contributed by atoms with Crippen LogP contribution in [-0.2, 0) is 4.79 Å². The first kappa shape index (κ1) is 21.6. The highest BCUT2D eigenvalue weighted by molar-refractivity contribution is 6.31. The number of rotatable bonds is 7. The largest absolute Gasteiger partial charge is 0.480 e. The van der Waals surface area contributed by atoms with E-state index < -0.39 is 6.10 Å². The summed E-state index contributed by atoms with van der Waals surface area (Å²) >= 11 is 6.12. The highest BCUT2D eigenvalue weighted by atomic mass is 35.5. The van der Waals surface area contributed by atoms with Gasteiger partial charge in [-0.25, -0.2) is 0 Å². The molecule has 0 aliphatic heterocycles. The maximum atomic E-state index is 13.0. The Morgan fingerprint density at radius 2 is 1.73 bits per heavy atom. The number of aryl methyl sites for hydroxylation is 2. The lowest BCUT2D eigenvalue weighted by molar-refractivity contribution is -0.122. The van der Waals surface area contributed by atoms with Gasteiger partial charge in [-0.2, -0.15) is 0 Å². The van der Waals surface area contributed by atoms with Gasteiger partial charge in [-0.3, -0.25) is 9.59 Å². The molecule has 0 fully saturated rings. The number of ether oxygens (including phenoxy) is 1. The second kappa shape index (κ2) is 9.59. The molecule has 30 heavy (non-hydrogen) atoms. The summed E-state index contributed by atoms with van der Waals surface area (Å²) in [7, 11) is 0. The van der Waals surface area contributed by atoms with E-state index in [9.17, 15) is 9.59 Å². The number of anilines is 1. The Hall–Kier alpha value is -3.11. The van der Waals surface area contributed by atoms with Gasteiger partial charge in [-0.05, 0) is 55.7 Å². The fraction of sp³-hybridized carbons (Fsp3) is 0.200. The summed E-state index contributed by atoms with van der Waals surface area (Å²) in [4.78, 5) is 25.9. The number of benzene rings is 3. The van der Waals surface area contributed by atoms with Crippen LogP contribution in [0.25, 0.3) is 0 Å². The van der Waals surface area contributed by atoms with Gasteiger partial charge in [0.2, 0.25) is 0 Å². The average Bonchev–Trinajstić information content (AvgIpc) is 2.75. The van der Waals surface area contributed by atoms with Gasteiger partial charge in [0.1, 0.15) is 5.75 Å². The lowest BCUT2D eigenvalue weighted by Gasteiger charge is -2.20. The number of nitrogens with one attached hydrogen (secondary N) is 1. The standard InChI is InChI=1S/C25H24ClNO3/c1-4-22(30-23-14-16(2)10-11-17(23)3)25(29)27-21-13-12-19(26)15-20(21)24(28)18-8-6-5-7-9-18/h5-15,22H,4H2,1-3H3,(H,27,29)/t22-/m1/s1. The third kappa shape index (κ3) is 5.08. The zero-order valence-corrected chi connectivity index (χ0v) is 18.0. The van der Waals surface area contributed by atoms with Crippen LogP contribution in [0.1, 0.15) is 40.4 Å². The van der Waals surface area contributed by atoms with Gasteiger partial charge in [-0.1, -0.05) is 61.0 Å². The molecule has 0 aliphatic carbocycles. The molecule has 1 amide bonds. The molecule has 3 aromatic rings. The van der Waals surface area contributed by atoms with E-state index >= 15 is 0 Å². The minimum Gasteiger partial charge on any atom is -0.480 e. The van der Waals surface area contributed by atoms with E-state index in [0.717, 1.165) is 11.1 Å². The van der Waals surface area contributed by atoms with Crippen molar-refractivity contribution in [1.82, 2.24) is 0 Å². The summed E-state index contributed by atoms with van der Waals surface area (Å²) in [6, 6.07) is 19.6. The van der Waals surface area contributed by atoms with Gasteiger partial charge >= 0.3 is 0 Å². The van der Waals surface area contributed by atoms with Crippen molar-refractivity contribution in [2.45, 2.75) is 33.3 Å². The molecule has 0 aliphatic rings. The molecule has 0 unspecified atom stereocenters. The van der Waals surface area contributed by atoms with E-state index in [2.05, 4.69) is 5.32 Å². The molecule has 0 saturated carbocycles. The monoisotopic (exact) mass is 421 g/mol. The van der Waals surface area contributed by atoms with Crippen molar-refractivity contribution in [2.75, 3.05) is 5.32 Å². The molecule has 4 nitrogen and oxygen atoms in total. The molecule has 154 valence electrons. The number of amides is 1. The van der Waals surface area contributed by atoms with Crippen LogP contribution in [-0.4, -0.2) is 17.8 Å². The predicted molar refractivity (Wildman–Crippen MR) is 121 cm³/mol. The summed E-state index contributed by atoms with van der Waals surface area (Å²) in [5.41, 5.74) is 3.27. The minimum atomic E-state index is -0.694. The van der Waals surface area contributed by atoms with Crippen LogP contribution in [0.2, 0.25) is 5.02 Å². The molecule has 0 radical (unpaired) electrons. The normalized spacial score (nSPS) is 11.6. The molecular formula is C25H24ClNO3. The lowest BCUT2D eigenvalue weighted by atomic mass is 10.0. The lowest BCUT2D eigenvalue weighted by Crippen LogP contribution is -2.33. The molecule has 5 heteroatoms. The molecule has 0 saturated heterocycles. The molecule has 0 spiro atoms. The molecule has 3 rings (SSSR count). The van der Waals surface area contributed by atoms with Crippen LogP contribution in [0.15, 0.2) is 66.7 Å². The van der Waals surface area contributed by atoms with Gasteiger partial charge in [-0.15, -0.1) is 0 Å². The molecule has 3 aromatic carbocycles. The third-order valence-corrected chi connectivity index (χ3v) is 5.03. The summed E-state index contributed by atoms with van der Waals surface area (Å²) in [6.45, 7) is 5.80. The maximum absolute atomic E-state index is 13.0. The van der Waals surface area contributed by atoms with Crippen LogP contribution in [0, 0.1) is 13.8 Å². The van der Waals surface area contributed by atoms with Gasteiger partial charge in [0, 0.05) is 16.1 Å². The van der Waals surface area contributed by atoms with E-state index in [0.29, 0.717) is 34.0 Å². The molecule has 0 heterocycles. The summed E-state index contributed by atoms with van der Waals surface area (Å²) < 4.78 is 5.99. The zero-order valence-electron chi connectivity index (χ0n) is 17.2.